The zero-order chi connectivity index (χ0) is 12.6. The van der Waals surface area contributed by atoms with Gasteiger partial charge in [0.05, 0.1) is 7.11 Å². The Hall–Kier alpha value is -0.660. The van der Waals surface area contributed by atoms with E-state index in [1.54, 1.807) is 7.11 Å². The van der Waals surface area contributed by atoms with Crippen molar-refractivity contribution in [2.75, 3.05) is 32.3 Å². The molecule has 0 radical (unpaired) electrons. The first kappa shape index (κ1) is 15.3. The zero-order valence-electron chi connectivity index (χ0n) is 9.73. The Morgan fingerprint density at radius 2 is 2.06 bits per heavy atom. The molecule has 0 aromatic carbocycles. The predicted octanol–water partition coefficient (Wildman–Crippen LogP) is -0.0399. The highest BCUT2D eigenvalue weighted by molar-refractivity contribution is 7.92. The lowest BCUT2D eigenvalue weighted by atomic mass is 10.2. The van der Waals surface area contributed by atoms with Crippen LogP contribution in [0.3, 0.4) is 0 Å². The summed E-state index contributed by atoms with van der Waals surface area (Å²) in [5.41, 5.74) is 5.48. The Balaban J connectivity index is 3.94. The summed E-state index contributed by atoms with van der Waals surface area (Å²) < 4.78 is 28.5. The second-order valence-corrected chi connectivity index (χ2v) is 5.92. The summed E-state index contributed by atoms with van der Waals surface area (Å²) in [5.74, 6) is -0.145. The molecule has 0 spiro atoms. The van der Waals surface area contributed by atoms with Crippen molar-refractivity contribution in [2.45, 2.75) is 18.9 Å². The lowest BCUT2D eigenvalue weighted by Gasteiger charge is -2.11. The third-order valence-electron chi connectivity index (χ3n) is 2.09. The van der Waals surface area contributed by atoms with Crippen LogP contribution >= 0.6 is 0 Å². The van der Waals surface area contributed by atoms with Crippen molar-refractivity contribution in [3.63, 3.8) is 0 Å². The van der Waals surface area contributed by atoms with E-state index in [4.69, 9.17) is 15.3 Å². The number of rotatable bonds is 8. The van der Waals surface area contributed by atoms with Crippen molar-refractivity contribution in [1.29, 1.82) is 4.78 Å². The zero-order valence-corrected chi connectivity index (χ0v) is 10.5. The molecule has 0 fully saturated rings. The normalized spacial score (nSPS) is 16.4. The van der Waals surface area contributed by atoms with Crippen molar-refractivity contribution in [1.82, 2.24) is 0 Å². The van der Waals surface area contributed by atoms with Crippen LogP contribution in [0, 0.1) is 4.78 Å². The summed E-state index contributed by atoms with van der Waals surface area (Å²) in [6.07, 6.45) is 0.786. The fourth-order valence-corrected chi connectivity index (χ4v) is 2.55. The summed E-state index contributed by atoms with van der Waals surface area (Å²) >= 11 is 0. The molecule has 0 heterocycles. The van der Waals surface area contributed by atoms with E-state index >= 15 is 0 Å². The van der Waals surface area contributed by atoms with E-state index in [1.807, 2.05) is 0 Å². The van der Waals surface area contributed by atoms with Crippen LogP contribution in [0.25, 0.3) is 0 Å². The van der Waals surface area contributed by atoms with Crippen molar-refractivity contribution < 1.29 is 18.5 Å². The minimum atomic E-state index is -2.66. The highest BCUT2D eigenvalue weighted by Gasteiger charge is 2.16. The van der Waals surface area contributed by atoms with Crippen molar-refractivity contribution in [3.05, 3.63) is 0 Å². The number of hydrogen-bond acceptors (Lipinski definition) is 6. The Morgan fingerprint density at radius 3 is 2.56 bits per heavy atom. The maximum atomic E-state index is 11.7. The molecule has 0 bridgehead atoms. The minimum absolute atomic E-state index is 0.118. The summed E-state index contributed by atoms with van der Waals surface area (Å²) in [6, 6.07) is -0.793. The van der Waals surface area contributed by atoms with Crippen LogP contribution in [0.2, 0.25) is 0 Å². The topological polar surface area (TPSA) is 102 Å². The predicted molar refractivity (Wildman–Crippen MR) is 61.7 cm³/mol. The fourth-order valence-electron chi connectivity index (χ4n) is 1.13. The molecule has 0 amide bonds. The van der Waals surface area contributed by atoms with Crippen LogP contribution in [0.5, 0.6) is 0 Å². The Morgan fingerprint density at radius 1 is 1.44 bits per heavy atom. The van der Waals surface area contributed by atoms with Gasteiger partial charge in [-0.2, -0.15) is 0 Å². The van der Waals surface area contributed by atoms with Crippen LogP contribution < -0.4 is 5.73 Å². The average Bonchev–Trinajstić information content (AvgIpc) is 2.25. The number of carbonyl (C=O) groups excluding carboxylic acids is 1. The van der Waals surface area contributed by atoms with Gasteiger partial charge in [0.1, 0.15) is 6.04 Å². The van der Waals surface area contributed by atoms with Crippen molar-refractivity contribution in [2.24, 2.45) is 5.73 Å². The number of methoxy groups -OCH3 is 2. The maximum Gasteiger partial charge on any atom is 0.322 e. The van der Waals surface area contributed by atoms with Crippen molar-refractivity contribution >= 4 is 15.7 Å². The van der Waals surface area contributed by atoms with Crippen LogP contribution in [-0.4, -0.2) is 48.6 Å². The third kappa shape index (κ3) is 6.76. The van der Waals surface area contributed by atoms with E-state index in [9.17, 15) is 9.00 Å². The van der Waals surface area contributed by atoms with Crippen molar-refractivity contribution in [3.8, 4) is 0 Å². The Kier molecular flexibility index (Phi) is 7.27. The van der Waals surface area contributed by atoms with Gasteiger partial charge >= 0.3 is 5.97 Å². The molecule has 0 aliphatic heterocycles. The van der Waals surface area contributed by atoms with Gasteiger partial charge in [0.2, 0.25) is 0 Å². The number of nitrogens with one attached hydrogen (secondary N) is 1. The molecule has 0 aliphatic carbocycles. The third-order valence-corrected chi connectivity index (χ3v) is 3.93. The van der Waals surface area contributed by atoms with Gasteiger partial charge < -0.3 is 15.2 Å². The number of nitrogens with two attached hydrogens (primary N) is 1. The summed E-state index contributed by atoms with van der Waals surface area (Å²) in [7, 11) is 0.145. The molecule has 2 atom stereocenters. The SMILES string of the molecule is COCCCS(=N)(=O)CC[C@H](N)C(=O)OC. The second kappa shape index (κ2) is 7.59. The van der Waals surface area contributed by atoms with Gasteiger partial charge in [0.25, 0.3) is 0 Å². The molecule has 96 valence electrons. The first-order chi connectivity index (χ1) is 7.43. The van der Waals surface area contributed by atoms with E-state index < -0.39 is 21.7 Å². The quantitative estimate of drug-likeness (QED) is 0.466. The first-order valence-electron chi connectivity index (χ1n) is 4.99. The van der Waals surface area contributed by atoms with E-state index in [-0.39, 0.29) is 17.9 Å². The number of carbonyl (C=O) groups is 1. The summed E-state index contributed by atoms with van der Waals surface area (Å²) in [6.45, 7) is 0.485. The summed E-state index contributed by atoms with van der Waals surface area (Å²) in [4.78, 5) is 11.0. The van der Waals surface area contributed by atoms with Crippen LogP contribution in [0.1, 0.15) is 12.8 Å². The van der Waals surface area contributed by atoms with Crippen LogP contribution in [-0.2, 0) is 24.0 Å². The van der Waals surface area contributed by atoms with Gasteiger partial charge in [-0.1, -0.05) is 0 Å². The molecular formula is C9H20N2O4S. The molecule has 6 nitrogen and oxygen atoms in total. The van der Waals surface area contributed by atoms with Gasteiger partial charge in [-0.05, 0) is 12.8 Å². The van der Waals surface area contributed by atoms with E-state index in [1.165, 1.54) is 7.11 Å². The standard InChI is InChI=1S/C9H20N2O4S/c1-14-5-3-6-16(11,13)7-4-8(10)9(12)15-2/h8,11H,3-7,10H2,1-2H3/t8-,16?/m0/s1. The second-order valence-electron chi connectivity index (χ2n) is 3.48. The van der Waals surface area contributed by atoms with Gasteiger partial charge in [0.15, 0.2) is 0 Å². The smallest absolute Gasteiger partial charge is 0.322 e. The molecule has 0 saturated heterocycles. The number of esters is 1. The number of ether oxygens (including phenoxy) is 2. The molecule has 0 saturated carbocycles. The first-order valence-corrected chi connectivity index (χ1v) is 6.89. The van der Waals surface area contributed by atoms with E-state index in [0.29, 0.717) is 13.0 Å². The highest BCUT2D eigenvalue weighted by atomic mass is 32.2. The van der Waals surface area contributed by atoms with Gasteiger partial charge in [0, 0.05) is 35.0 Å². The van der Waals surface area contributed by atoms with Gasteiger partial charge in [-0.3, -0.25) is 9.57 Å². The minimum Gasteiger partial charge on any atom is -0.468 e. The lowest BCUT2D eigenvalue weighted by Crippen LogP contribution is -2.33. The largest absolute Gasteiger partial charge is 0.468 e. The molecule has 0 rings (SSSR count). The molecule has 0 aromatic heterocycles. The average molecular weight is 252 g/mol. The van der Waals surface area contributed by atoms with Crippen LogP contribution in [0.4, 0.5) is 0 Å². The molecular weight excluding hydrogens is 232 g/mol. The lowest BCUT2D eigenvalue weighted by molar-refractivity contribution is -0.142. The van der Waals surface area contributed by atoms with E-state index in [2.05, 4.69) is 4.74 Å². The van der Waals surface area contributed by atoms with E-state index in [0.717, 1.165) is 0 Å². The van der Waals surface area contributed by atoms with Gasteiger partial charge in [-0.25, -0.2) is 4.21 Å². The highest BCUT2D eigenvalue weighted by Crippen LogP contribution is 2.01. The van der Waals surface area contributed by atoms with Gasteiger partial charge in [-0.15, -0.1) is 0 Å². The summed E-state index contributed by atoms with van der Waals surface area (Å²) in [5, 5.41) is 0. The molecule has 16 heavy (non-hydrogen) atoms. The molecule has 0 aliphatic rings. The Labute approximate surface area is 96.5 Å². The molecule has 0 aromatic rings. The molecule has 7 heteroatoms. The molecule has 3 N–H and O–H groups in total. The monoisotopic (exact) mass is 252 g/mol. The maximum absolute atomic E-state index is 11.7. The van der Waals surface area contributed by atoms with Crippen LogP contribution in [0.15, 0.2) is 0 Å². The molecule has 1 unspecified atom stereocenters. The number of hydrogen-bond donors (Lipinski definition) is 2. The fraction of sp³-hybridized carbons (Fsp3) is 0.889. The Bertz CT molecular complexity index is 303.